The van der Waals surface area contributed by atoms with Gasteiger partial charge in [-0.25, -0.2) is 0 Å². The van der Waals surface area contributed by atoms with Crippen molar-refractivity contribution in [2.75, 3.05) is 13.4 Å². The van der Waals surface area contributed by atoms with Crippen LogP contribution in [0.15, 0.2) is 0 Å². The molecule has 51 valence electrons. The van der Waals surface area contributed by atoms with Gasteiger partial charge in [-0.05, 0) is 6.26 Å². The Bertz CT molecular complexity index is 113. The molecule has 4 heteroatoms. The molecule has 0 amide bonds. The largest absolute Gasteiger partial charge is 0.468 e. The number of ether oxygens (including phenoxy) is 1. The molecule has 3 nitrogen and oxygen atoms in total. The number of carbonyl (C=O) groups excluding carboxylic acids is 2. The lowest BCUT2D eigenvalue weighted by atomic mass is 10.5. The lowest BCUT2D eigenvalue weighted by Gasteiger charge is -2.00. The predicted octanol–water partition coefficient (Wildman–Crippen LogP) is 0.000700. The van der Waals surface area contributed by atoms with Crippen LogP contribution in [0.5, 0.6) is 0 Å². The highest BCUT2D eigenvalue weighted by Gasteiger charge is 2.16. The van der Waals surface area contributed by atoms with Crippen LogP contribution in [0.25, 0.3) is 0 Å². The number of esters is 1. The van der Waals surface area contributed by atoms with Gasteiger partial charge in [0.1, 0.15) is 0 Å². The summed E-state index contributed by atoms with van der Waals surface area (Å²) in [6.07, 6.45) is 3.19. The molecule has 0 bridgehead atoms. The van der Waals surface area contributed by atoms with Crippen LogP contribution in [0.4, 0.5) is 0 Å². The first kappa shape index (κ1) is 8.49. The van der Waals surface area contributed by atoms with E-state index in [-0.39, 0.29) is 0 Å². The summed E-state index contributed by atoms with van der Waals surface area (Å²) in [6.45, 7) is 0. The van der Waals surface area contributed by atoms with E-state index in [0.29, 0.717) is 0 Å². The topological polar surface area (TPSA) is 43.4 Å². The number of hydrogen-bond donors (Lipinski definition) is 0. The van der Waals surface area contributed by atoms with Gasteiger partial charge in [-0.3, -0.25) is 9.59 Å². The van der Waals surface area contributed by atoms with Crippen LogP contribution < -0.4 is 0 Å². The smallest absolute Gasteiger partial charge is 0.326 e. The fourth-order valence-electron chi connectivity index (χ4n) is 0.299. The predicted molar refractivity (Wildman–Crippen MR) is 35.0 cm³/mol. The molecule has 1 atom stereocenters. The van der Waals surface area contributed by atoms with Crippen molar-refractivity contribution in [3.8, 4) is 0 Å². The SMILES string of the molecule is COC(=O)C([C]=O)SC. The number of methoxy groups -OCH3 is 1. The molecule has 0 saturated carbocycles. The molecule has 0 fully saturated rings. The van der Waals surface area contributed by atoms with E-state index in [2.05, 4.69) is 4.74 Å². The summed E-state index contributed by atoms with van der Waals surface area (Å²) < 4.78 is 4.27. The molecule has 0 aliphatic heterocycles. The van der Waals surface area contributed by atoms with Gasteiger partial charge in [0.05, 0.1) is 7.11 Å². The third-order valence-electron chi connectivity index (χ3n) is 0.758. The zero-order valence-electron chi connectivity index (χ0n) is 5.21. The molecule has 1 unspecified atom stereocenters. The maximum absolute atomic E-state index is 10.5. The summed E-state index contributed by atoms with van der Waals surface area (Å²) in [5.74, 6) is -0.544. The molecule has 1 radical (unpaired) electrons. The average molecular weight is 147 g/mol. The Morgan fingerprint density at radius 2 is 2.33 bits per heavy atom. The van der Waals surface area contributed by atoms with Gasteiger partial charge in [-0.15, -0.1) is 11.8 Å². The van der Waals surface area contributed by atoms with Crippen LogP contribution in [0.3, 0.4) is 0 Å². The number of rotatable bonds is 3. The number of carbonyl (C=O) groups is 1. The Morgan fingerprint density at radius 3 is 2.44 bits per heavy atom. The molecule has 0 N–H and O–H groups in total. The first-order valence-electron chi connectivity index (χ1n) is 2.24. The lowest BCUT2D eigenvalue weighted by Crippen LogP contribution is -2.19. The van der Waals surface area contributed by atoms with Crippen molar-refractivity contribution >= 4 is 24.0 Å². The fourth-order valence-corrected chi connectivity index (χ4v) is 0.684. The van der Waals surface area contributed by atoms with Gasteiger partial charge in [0, 0.05) is 0 Å². The van der Waals surface area contributed by atoms with Crippen molar-refractivity contribution < 1.29 is 14.3 Å². The van der Waals surface area contributed by atoms with Crippen molar-refractivity contribution in [3.63, 3.8) is 0 Å². The van der Waals surface area contributed by atoms with Crippen molar-refractivity contribution in [1.29, 1.82) is 0 Å². The Morgan fingerprint density at radius 1 is 1.78 bits per heavy atom. The zero-order chi connectivity index (χ0) is 7.28. The second kappa shape index (κ2) is 4.38. The van der Waals surface area contributed by atoms with Crippen LogP contribution >= 0.6 is 11.8 Å². The Hall–Kier alpha value is -0.510. The van der Waals surface area contributed by atoms with E-state index >= 15 is 0 Å². The molecule has 0 aromatic carbocycles. The maximum Gasteiger partial charge on any atom is 0.326 e. The quantitative estimate of drug-likeness (QED) is 0.416. The molecule has 0 heterocycles. The fraction of sp³-hybridized carbons (Fsp3) is 0.600. The summed E-state index contributed by atoms with van der Waals surface area (Å²) in [5, 5.41) is -0.782. The van der Waals surface area contributed by atoms with Gasteiger partial charge >= 0.3 is 5.97 Å². The van der Waals surface area contributed by atoms with E-state index < -0.39 is 11.2 Å². The maximum atomic E-state index is 10.5. The Balaban J connectivity index is 3.78. The molecule has 0 aromatic rings. The van der Waals surface area contributed by atoms with E-state index in [0.717, 1.165) is 11.8 Å². The summed E-state index contributed by atoms with van der Waals surface area (Å²) in [5.41, 5.74) is 0. The van der Waals surface area contributed by atoms with Gasteiger partial charge in [-0.2, -0.15) is 0 Å². The van der Waals surface area contributed by atoms with E-state index in [4.69, 9.17) is 0 Å². The van der Waals surface area contributed by atoms with E-state index in [1.807, 2.05) is 0 Å². The van der Waals surface area contributed by atoms with Gasteiger partial charge < -0.3 is 4.74 Å². The van der Waals surface area contributed by atoms with Crippen LogP contribution in [-0.2, 0) is 14.3 Å². The lowest BCUT2D eigenvalue weighted by molar-refractivity contribution is -0.138. The molecule has 0 aromatic heterocycles. The second-order valence-electron chi connectivity index (χ2n) is 1.26. The average Bonchev–Trinajstić information content (AvgIpc) is 1.90. The minimum atomic E-state index is -0.782. The molecular weight excluding hydrogens is 140 g/mol. The second-order valence-corrected chi connectivity index (χ2v) is 2.20. The summed E-state index contributed by atoms with van der Waals surface area (Å²) in [6, 6.07) is 0. The first-order chi connectivity index (χ1) is 4.26. The highest BCUT2D eigenvalue weighted by atomic mass is 32.2. The molecular formula is C5H7O3S. The first-order valence-corrected chi connectivity index (χ1v) is 3.53. The normalized spacial score (nSPS) is 12.2. The Kier molecular flexibility index (Phi) is 4.13. The molecule has 9 heavy (non-hydrogen) atoms. The number of hydrogen-bond acceptors (Lipinski definition) is 4. The Labute approximate surface area is 57.8 Å². The molecule has 0 saturated heterocycles. The van der Waals surface area contributed by atoms with Gasteiger partial charge in [0.2, 0.25) is 6.29 Å². The minimum Gasteiger partial charge on any atom is -0.468 e. The molecule has 0 spiro atoms. The van der Waals surface area contributed by atoms with Crippen molar-refractivity contribution in [2.45, 2.75) is 5.25 Å². The van der Waals surface area contributed by atoms with Crippen molar-refractivity contribution in [1.82, 2.24) is 0 Å². The van der Waals surface area contributed by atoms with Gasteiger partial charge in [-0.1, -0.05) is 0 Å². The third-order valence-corrected chi connectivity index (χ3v) is 1.52. The van der Waals surface area contributed by atoms with Crippen molar-refractivity contribution in [3.05, 3.63) is 0 Å². The van der Waals surface area contributed by atoms with E-state index in [1.54, 1.807) is 12.5 Å². The minimum absolute atomic E-state index is 0.544. The molecule has 0 aliphatic carbocycles. The summed E-state index contributed by atoms with van der Waals surface area (Å²) >= 11 is 1.10. The van der Waals surface area contributed by atoms with Crippen molar-refractivity contribution in [2.24, 2.45) is 0 Å². The van der Waals surface area contributed by atoms with Crippen LogP contribution in [-0.4, -0.2) is 30.9 Å². The van der Waals surface area contributed by atoms with Crippen LogP contribution in [0.2, 0.25) is 0 Å². The van der Waals surface area contributed by atoms with E-state index in [1.165, 1.54) is 7.11 Å². The summed E-state index contributed by atoms with van der Waals surface area (Å²) in [7, 11) is 1.24. The standard InChI is InChI=1S/C5H7O3S/c1-8-5(7)4(3-6)9-2/h4H,1-2H3. The highest BCUT2D eigenvalue weighted by Crippen LogP contribution is 2.03. The number of thioether (sulfide) groups is 1. The van der Waals surface area contributed by atoms with Gasteiger partial charge in [0.15, 0.2) is 5.25 Å². The van der Waals surface area contributed by atoms with Gasteiger partial charge in [0.25, 0.3) is 0 Å². The monoisotopic (exact) mass is 147 g/mol. The van der Waals surface area contributed by atoms with Crippen LogP contribution in [0.1, 0.15) is 0 Å². The molecule has 0 rings (SSSR count). The highest BCUT2D eigenvalue weighted by molar-refractivity contribution is 8.00. The zero-order valence-corrected chi connectivity index (χ0v) is 6.03. The summed E-state index contributed by atoms with van der Waals surface area (Å²) in [4.78, 5) is 20.4. The van der Waals surface area contributed by atoms with Crippen LogP contribution in [0, 0.1) is 0 Å². The molecule has 0 aliphatic rings. The van der Waals surface area contributed by atoms with E-state index in [9.17, 15) is 9.59 Å². The third kappa shape index (κ3) is 2.51.